The molecule has 0 radical (unpaired) electrons. The van der Waals surface area contributed by atoms with Crippen LogP contribution in [0.4, 0.5) is 35.2 Å². The first kappa shape index (κ1) is 64.1. The zero-order chi connectivity index (χ0) is 63.5. The average Bonchev–Trinajstić information content (AvgIpc) is 1.85. The standard InChI is InChI=1S/C23H22N6OS.C15H13ClN4OS.C15H16N6OS.C10H9ClIN3OS/c1-16-3-2-4-17(13-16)15-25-28-23-26-19-14-20(18-5-7-24-8-6-18)31-21(19)22(27-23)29-9-11-30-12-10-29;16-15-18-11-9-12(10-1-3-17-4-2-10)22-13(11)14(19-15)20-5-7-21-8-6-20;16-20-15-18-11-9-12(10-1-3-17-4-2-10)23-13(11)14(19-15)21-5-7-22-8-6-21;11-10-13-6-5-7(12)17-8(6)9(14-10)15-1-3-16-4-2-15/h2-8,13-15H,9-12H2,1H3,(H,26,27,28);1-4,9H,5-8H2;1-4,9H,5-8,16H2,(H,18,19,20);5H,1-4H2/b25-15+;;;. The molecule has 0 spiro atoms. The van der Waals surface area contributed by atoms with Crippen molar-refractivity contribution in [2.75, 3.05) is 136 Å². The summed E-state index contributed by atoms with van der Waals surface area (Å²) in [6.07, 6.45) is 12.6. The van der Waals surface area contributed by atoms with Gasteiger partial charge in [0.2, 0.25) is 22.5 Å². The Morgan fingerprint density at radius 3 is 1.24 bits per heavy atom. The summed E-state index contributed by atoms with van der Waals surface area (Å²) in [5, 5.41) is 4.96. The lowest BCUT2D eigenvalue weighted by Crippen LogP contribution is -2.37. The molecule has 0 atom stereocenters. The van der Waals surface area contributed by atoms with Gasteiger partial charge in [-0.05, 0) is 136 Å². The van der Waals surface area contributed by atoms with Gasteiger partial charge in [0.25, 0.3) is 0 Å². The lowest BCUT2D eigenvalue weighted by atomic mass is 10.2. The number of hydrazine groups is 1. The lowest BCUT2D eigenvalue weighted by molar-refractivity contribution is 0.122. The van der Waals surface area contributed by atoms with E-state index in [-0.39, 0.29) is 5.28 Å². The minimum Gasteiger partial charge on any atom is -0.378 e. The van der Waals surface area contributed by atoms with E-state index >= 15 is 0 Å². The maximum Gasteiger partial charge on any atom is 0.246 e. The first-order valence-corrected chi connectivity index (χ1v) is 34.8. The number of hydrazone groups is 1. The van der Waals surface area contributed by atoms with E-state index in [9.17, 15) is 0 Å². The summed E-state index contributed by atoms with van der Waals surface area (Å²) in [4.78, 5) is 60.6. The van der Waals surface area contributed by atoms with E-state index in [0.717, 1.165) is 167 Å². The number of hydrogen-bond acceptors (Lipinski definition) is 27. The van der Waals surface area contributed by atoms with Gasteiger partial charge < -0.3 is 38.5 Å². The van der Waals surface area contributed by atoms with Gasteiger partial charge in [-0.15, -0.1) is 45.3 Å². The van der Waals surface area contributed by atoms with Crippen molar-refractivity contribution in [2.45, 2.75) is 6.92 Å². The predicted octanol–water partition coefficient (Wildman–Crippen LogP) is 12.2. The molecule has 0 bridgehead atoms. The van der Waals surface area contributed by atoms with Crippen LogP contribution < -0.4 is 36.3 Å². The number of rotatable bonds is 11. The molecule has 0 aliphatic carbocycles. The van der Waals surface area contributed by atoms with Crippen molar-refractivity contribution in [3.8, 4) is 31.3 Å². The molecule has 15 heterocycles. The predicted molar refractivity (Wildman–Crippen MR) is 384 cm³/mol. The number of nitrogen functional groups attached to an aromatic ring is 1. The summed E-state index contributed by atoms with van der Waals surface area (Å²) in [7, 11) is 0. The van der Waals surface area contributed by atoms with Crippen molar-refractivity contribution < 1.29 is 18.9 Å². The summed E-state index contributed by atoms with van der Waals surface area (Å²) in [6, 6.07) is 28.5. The molecule has 476 valence electrons. The van der Waals surface area contributed by atoms with Crippen LogP contribution in [0.3, 0.4) is 0 Å². The molecule has 4 aliphatic heterocycles. The monoisotopic (exact) mass is 1470 g/mol. The maximum absolute atomic E-state index is 6.11. The van der Waals surface area contributed by atoms with Crippen molar-refractivity contribution in [2.24, 2.45) is 10.9 Å². The molecule has 0 saturated carbocycles. The van der Waals surface area contributed by atoms with Crippen molar-refractivity contribution in [3.05, 3.63) is 147 Å². The fourth-order valence-corrected chi connectivity index (χ4v) is 16.0. The third-order valence-corrected chi connectivity index (χ3v) is 20.7. The fourth-order valence-electron chi connectivity index (χ4n) is 10.5. The molecule has 4 N–H and O–H groups in total. The number of nitrogens with one attached hydrogen (secondary N) is 2. The van der Waals surface area contributed by atoms with Crippen molar-refractivity contribution in [1.82, 2.24) is 54.8 Å². The van der Waals surface area contributed by atoms with E-state index in [1.165, 1.54) is 8.45 Å². The number of benzene rings is 1. The number of thiophene rings is 4. The smallest absolute Gasteiger partial charge is 0.246 e. The van der Waals surface area contributed by atoms with Crippen molar-refractivity contribution in [3.63, 3.8) is 0 Å². The normalized spacial score (nSPS) is 15.2. The van der Waals surface area contributed by atoms with Crippen LogP contribution in [0.25, 0.3) is 72.2 Å². The van der Waals surface area contributed by atoms with Crippen LogP contribution in [0.2, 0.25) is 10.6 Å². The molecule has 30 heteroatoms. The fraction of sp³-hybridized carbons (Fsp3) is 0.270. The largest absolute Gasteiger partial charge is 0.378 e. The van der Waals surface area contributed by atoms with Gasteiger partial charge in [-0.1, -0.05) is 29.8 Å². The number of morpholine rings is 4. The van der Waals surface area contributed by atoms with Crippen LogP contribution in [0, 0.1) is 9.81 Å². The summed E-state index contributed by atoms with van der Waals surface area (Å²) >= 11 is 21.2. The van der Waals surface area contributed by atoms with E-state index in [4.69, 9.17) is 58.0 Å². The summed E-state index contributed by atoms with van der Waals surface area (Å²) in [5.74, 6) is 10.1. The Morgan fingerprint density at radius 2 is 0.828 bits per heavy atom. The third kappa shape index (κ3) is 15.8. The summed E-state index contributed by atoms with van der Waals surface area (Å²) in [5.41, 5.74) is 14.8. The van der Waals surface area contributed by atoms with E-state index in [0.29, 0.717) is 56.8 Å². The molecule has 0 amide bonds. The number of aromatic nitrogens is 11. The molecular weight excluding hydrogens is 1410 g/mol. The molecule has 11 aromatic heterocycles. The molecular formula is C63H60Cl2IN19O4S4. The van der Waals surface area contributed by atoms with Gasteiger partial charge in [0.1, 0.15) is 0 Å². The number of nitrogens with two attached hydrogens (primary N) is 1. The molecule has 0 unspecified atom stereocenters. The van der Waals surface area contributed by atoms with E-state index in [1.807, 2.05) is 54.6 Å². The van der Waals surface area contributed by atoms with Gasteiger partial charge in [0.15, 0.2) is 23.3 Å². The zero-order valence-electron chi connectivity index (χ0n) is 50.1. The Bertz CT molecular complexity index is 4510. The van der Waals surface area contributed by atoms with Crippen LogP contribution in [0.1, 0.15) is 11.1 Å². The number of hydrogen-bond donors (Lipinski definition) is 3. The Morgan fingerprint density at radius 1 is 0.462 bits per heavy atom. The second-order valence-corrected chi connectivity index (χ2v) is 27.9. The van der Waals surface area contributed by atoms with Crippen LogP contribution in [0.5, 0.6) is 0 Å². The van der Waals surface area contributed by atoms with E-state index in [2.05, 4.69) is 140 Å². The quantitative estimate of drug-likeness (QED) is 0.0358. The summed E-state index contributed by atoms with van der Waals surface area (Å²) in [6.45, 7) is 14.4. The number of anilines is 6. The zero-order valence-corrected chi connectivity index (χ0v) is 57.0. The van der Waals surface area contributed by atoms with Gasteiger partial charge in [-0.25, -0.2) is 31.2 Å². The molecule has 93 heavy (non-hydrogen) atoms. The summed E-state index contributed by atoms with van der Waals surface area (Å²) < 4.78 is 27.3. The molecule has 23 nitrogen and oxygen atoms in total. The molecule has 4 aliphatic rings. The topological polar surface area (TPSA) is 254 Å². The molecule has 16 rings (SSSR count). The molecule has 12 aromatic rings. The number of pyridine rings is 3. The average molecular weight is 1470 g/mol. The number of fused-ring (bicyclic) bond motifs is 4. The highest BCUT2D eigenvalue weighted by Gasteiger charge is 2.24. The maximum atomic E-state index is 6.11. The van der Waals surface area contributed by atoms with Crippen molar-refractivity contribution in [1.29, 1.82) is 0 Å². The minimum absolute atomic E-state index is 0.285. The third-order valence-electron chi connectivity index (χ3n) is 15.0. The van der Waals surface area contributed by atoms with Crippen LogP contribution in [-0.4, -0.2) is 166 Å². The second kappa shape index (κ2) is 30.7. The highest BCUT2D eigenvalue weighted by atomic mass is 127. The van der Waals surface area contributed by atoms with E-state index < -0.39 is 0 Å². The number of halogens is 3. The number of nitrogens with zero attached hydrogens (tertiary/aromatic N) is 16. The molecule has 4 fully saturated rings. The highest BCUT2D eigenvalue weighted by molar-refractivity contribution is 14.1. The van der Waals surface area contributed by atoms with Gasteiger partial charge in [-0.3, -0.25) is 20.4 Å². The molecule has 1 aromatic carbocycles. The van der Waals surface area contributed by atoms with Gasteiger partial charge >= 0.3 is 0 Å². The van der Waals surface area contributed by atoms with Crippen LogP contribution in [0.15, 0.2) is 127 Å². The number of ether oxygens (including phenoxy) is 4. The first-order valence-electron chi connectivity index (χ1n) is 29.7. The lowest BCUT2D eigenvalue weighted by Gasteiger charge is -2.28. The highest BCUT2D eigenvalue weighted by Crippen LogP contribution is 2.41. The SMILES string of the molecule is Cc1cccc(/C=N/Nc2nc(N3CCOCC3)c3sc(-c4ccncc4)cc3n2)c1.Clc1nc(N2CCOCC2)c2sc(-c3ccncc3)cc2n1.Clc1nc(N2CCOCC2)c2sc(I)cc2n1.NNc1nc(N2CCOCC2)c2sc(-c3ccncc3)cc2n1. The second-order valence-electron chi connectivity index (χ2n) is 21.1. The minimum atomic E-state index is 0.285. The van der Waals surface area contributed by atoms with Crippen LogP contribution in [-0.2, 0) is 18.9 Å². The van der Waals surface area contributed by atoms with E-state index in [1.54, 1.807) is 88.7 Å². The van der Waals surface area contributed by atoms with Crippen LogP contribution >= 0.6 is 91.1 Å². The van der Waals surface area contributed by atoms with Crippen molar-refractivity contribution >= 4 is 173 Å². The van der Waals surface area contributed by atoms with Gasteiger partial charge in [0, 0.05) is 104 Å². The Balaban J connectivity index is 0.000000115. The first-order chi connectivity index (χ1) is 45.7. The Hall–Kier alpha value is -7.59. The molecule has 4 saturated heterocycles. The Labute approximate surface area is 574 Å². The Kier molecular flexibility index (Phi) is 21.1. The van der Waals surface area contributed by atoms with Gasteiger partial charge in [-0.2, -0.15) is 25.0 Å². The van der Waals surface area contributed by atoms with Gasteiger partial charge in [0.05, 0.1) is 103 Å². The number of aryl methyl sites for hydroxylation is 1.